The second-order valence-electron chi connectivity index (χ2n) is 4.93. The van der Waals surface area contributed by atoms with Crippen molar-refractivity contribution < 1.29 is 55.6 Å². The van der Waals surface area contributed by atoms with Gasteiger partial charge in [0, 0.05) is 6.42 Å². The summed E-state index contributed by atoms with van der Waals surface area (Å²) in [6, 6.07) is -1.34. The van der Waals surface area contributed by atoms with Crippen molar-refractivity contribution in [2.24, 2.45) is 0 Å². The predicted molar refractivity (Wildman–Crippen MR) is 75.5 cm³/mol. The van der Waals surface area contributed by atoms with Crippen molar-refractivity contribution in [1.29, 1.82) is 0 Å². The van der Waals surface area contributed by atoms with Gasteiger partial charge in [-0.25, -0.2) is 4.79 Å². The molecule has 0 saturated heterocycles. The first-order valence-electron chi connectivity index (χ1n) is 7.21. The summed E-state index contributed by atoms with van der Waals surface area (Å²) in [6.45, 7) is 2.15. The van der Waals surface area contributed by atoms with Crippen molar-refractivity contribution in [3.63, 3.8) is 0 Å². The fourth-order valence-electron chi connectivity index (χ4n) is 1.88. The average molecular weight is 311 g/mol. The Labute approximate surface area is 149 Å². The minimum Gasteiger partial charge on any atom is -1.00 e. The van der Waals surface area contributed by atoms with Crippen molar-refractivity contribution in [2.45, 2.75) is 70.8 Å². The molecule has 21 heavy (non-hydrogen) atoms. The third-order valence-electron chi connectivity index (χ3n) is 3.02. The van der Waals surface area contributed by atoms with Crippen LogP contribution in [0.4, 0.5) is 0 Å². The summed E-state index contributed by atoms with van der Waals surface area (Å²) in [5, 5.41) is 19.6. The van der Waals surface area contributed by atoms with Crippen molar-refractivity contribution in [1.82, 2.24) is 5.32 Å². The molecule has 0 spiro atoms. The van der Waals surface area contributed by atoms with E-state index in [-0.39, 0.29) is 37.4 Å². The Morgan fingerprint density at radius 2 is 1.52 bits per heavy atom. The molecule has 0 aliphatic heterocycles. The van der Waals surface area contributed by atoms with Crippen LogP contribution < -0.4 is 34.9 Å². The first-order valence-corrected chi connectivity index (χ1v) is 7.21. The number of unbranched alkanes of at least 4 members (excludes halogenated alkanes) is 6. The van der Waals surface area contributed by atoms with Crippen LogP contribution >= 0.6 is 0 Å². The molecule has 0 unspecified atom stereocenters. The fraction of sp³-hybridized carbons (Fsp3) is 0.786. The maximum Gasteiger partial charge on any atom is 1.00 e. The Hall–Kier alpha value is -0.590. The van der Waals surface area contributed by atoms with Crippen molar-refractivity contribution in [3.05, 3.63) is 0 Å². The Kier molecular flexibility index (Phi) is 15.5. The molecule has 1 atom stereocenters. The zero-order valence-electron chi connectivity index (χ0n) is 14.1. The zero-order chi connectivity index (χ0) is 15.4. The zero-order valence-corrected chi connectivity index (χ0v) is 15.1. The molecular weight excluding hydrogens is 285 g/mol. The second kappa shape index (κ2) is 14.4. The summed E-state index contributed by atoms with van der Waals surface area (Å²) in [4.78, 5) is 32.7. The number of hydrogen-bond donors (Lipinski definition) is 3. The Bertz CT molecular complexity index is 328. The second-order valence-corrected chi connectivity index (χ2v) is 4.93. The standard InChI is InChI=1S/C14H25NO5.Na.H/c1-2-3-4-5-6-7-8-9-12(16)15-11(14(19)20)10-13(17)18;;/h11H,2-10H2,1H3,(H,15,16)(H,17,18)(H,19,20);;/q;+1;-1/t11-;;/m0../s1. The third-order valence-corrected chi connectivity index (χ3v) is 3.02. The molecule has 3 N–H and O–H groups in total. The van der Waals surface area contributed by atoms with E-state index in [1.54, 1.807) is 0 Å². The molecule has 118 valence electrons. The van der Waals surface area contributed by atoms with E-state index >= 15 is 0 Å². The molecule has 0 bridgehead atoms. The molecule has 0 heterocycles. The summed E-state index contributed by atoms with van der Waals surface area (Å²) >= 11 is 0. The smallest absolute Gasteiger partial charge is 1.00 e. The van der Waals surface area contributed by atoms with Crippen LogP contribution in [0.2, 0.25) is 0 Å². The molecule has 0 aromatic carbocycles. The topological polar surface area (TPSA) is 104 Å². The minimum absolute atomic E-state index is 0. The van der Waals surface area contributed by atoms with Crippen LogP contribution in [0.5, 0.6) is 0 Å². The number of carbonyl (C=O) groups excluding carboxylic acids is 1. The summed E-state index contributed by atoms with van der Waals surface area (Å²) < 4.78 is 0. The van der Waals surface area contributed by atoms with E-state index in [1.807, 2.05) is 0 Å². The summed E-state index contributed by atoms with van der Waals surface area (Å²) in [6.07, 6.45) is 7.17. The van der Waals surface area contributed by atoms with Crippen LogP contribution in [-0.4, -0.2) is 34.1 Å². The number of amides is 1. The SMILES string of the molecule is CCCCCCCCCC(=O)N[C@@H](CC(=O)O)C(=O)O.[H-].[Na+]. The van der Waals surface area contributed by atoms with Crippen LogP contribution in [0.15, 0.2) is 0 Å². The van der Waals surface area contributed by atoms with Gasteiger partial charge in [-0.05, 0) is 6.42 Å². The monoisotopic (exact) mass is 311 g/mol. The van der Waals surface area contributed by atoms with E-state index in [2.05, 4.69) is 12.2 Å². The van der Waals surface area contributed by atoms with Gasteiger partial charge in [0.1, 0.15) is 6.04 Å². The van der Waals surface area contributed by atoms with Gasteiger partial charge in [-0.2, -0.15) is 0 Å². The number of aliphatic carboxylic acids is 2. The van der Waals surface area contributed by atoms with E-state index in [1.165, 1.54) is 19.3 Å². The van der Waals surface area contributed by atoms with Crippen LogP contribution in [0.25, 0.3) is 0 Å². The van der Waals surface area contributed by atoms with Gasteiger partial charge in [-0.1, -0.05) is 45.4 Å². The van der Waals surface area contributed by atoms with Crippen molar-refractivity contribution in [2.75, 3.05) is 0 Å². The van der Waals surface area contributed by atoms with Gasteiger partial charge < -0.3 is 17.0 Å². The molecule has 6 nitrogen and oxygen atoms in total. The van der Waals surface area contributed by atoms with E-state index in [0.717, 1.165) is 19.3 Å². The Morgan fingerprint density at radius 3 is 2.00 bits per heavy atom. The summed E-state index contributed by atoms with van der Waals surface area (Å²) in [7, 11) is 0. The quantitative estimate of drug-likeness (QED) is 0.326. The predicted octanol–water partition coefficient (Wildman–Crippen LogP) is -0.712. The molecule has 0 rings (SSSR count). The molecule has 0 fully saturated rings. The molecular formula is C14H26NNaO5. The molecule has 0 aliphatic carbocycles. The maximum atomic E-state index is 11.5. The van der Waals surface area contributed by atoms with Gasteiger partial charge in [0.25, 0.3) is 0 Å². The van der Waals surface area contributed by atoms with E-state index in [4.69, 9.17) is 10.2 Å². The normalized spacial score (nSPS) is 11.3. The van der Waals surface area contributed by atoms with E-state index in [0.29, 0.717) is 6.42 Å². The van der Waals surface area contributed by atoms with Crippen LogP contribution in [-0.2, 0) is 14.4 Å². The van der Waals surface area contributed by atoms with E-state index < -0.39 is 30.3 Å². The first kappa shape index (κ1) is 22.7. The van der Waals surface area contributed by atoms with E-state index in [9.17, 15) is 14.4 Å². The average Bonchev–Trinajstić information content (AvgIpc) is 2.36. The van der Waals surface area contributed by atoms with Crippen LogP contribution in [0.3, 0.4) is 0 Å². The van der Waals surface area contributed by atoms with Gasteiger partial charge in [0.05, 0.1) is 6.42 Å². The minimum atomic E-state index is -1.34. The van der Waals surface area contributed by atoms with Gasteiger partial charge in [0.2, 0.25) is 5.91 Å². The Balaban J connectivity index is -0.00000180. The molecule has 0 aromatic heterocycles. The van der Waals surface area contributed by atoms with Crippen molar-refractivity contribution in [3.8, 4) is 0 Å². The maximum absolute atomic E-state index is 11.5. The van der Waals surface area contributed by atoms with Gasteiger partial charge in [-0.15, -0.1) is 0 Å². The third kappa shape index (κ3) is 14.1. The van der Waals surface area contributed by atoms with Crippen molar-refractivity contribution >= 4 is 17.8 Å². The number of nitrogens with one attached hydrogen (secondary N) is 1. The molecule has 0 radical (unpaired) electrons. The summed E-state index contributed by atoms with van der Waals surface area (Å²) in [5.41, 5.74) is 0. The number of carboxylic acid groups (broad SMARTS) is 2. The first-order chi connectivity index (χ1) is 9.47. The van der Waals surface area contributed by atoms with Crippen LogP contribution in [0.1, 0.15) is 66.1 Å². The molecule has 1 amide bonds. The number of rotatable bonds is 12. The fourth-order valence-corrected chi connectivity index (χ4v) is 1.88. The largest absolute Gasteiger partial charge is 1.00 e. The molecule has 0 aliphatic rings. The van der Waals surface area contributed by atoms with Gasteiger partial charge in [0.15, 0.2) is 0 Å². The Morgan fingerprint density at radius 1 is 1.00 bits per heavy atom. The van der Waals surface area contributed by atoms with Crippen LogP contribution in [0, 0.1) is 0 Å². The van der Waals surface area contributed by atoms with Gasteiger partial charge >= 0.3 is 41.5 Å². The number of hydrogen-bond acceptors (Lipinski definition) is 3. The number of carbonyl (C=O) groups is 3. The number of carboxylic acids is 2. The summed E-state index contributed by atoms with van der Waals surface area (Å²) in [5.74, 6) is -2.96. The van der Waals surface area contributed by atoms with Gasteiger partial charge in [-0.3, -0.25) is 9.59 Å². The molecule has 7 heteroatoms. The molecule has 0 saturated carbocycles. The molecule has 0 aromatic rings.